The maximum Gasteiger partial charge on any atom is 0.573 e. The Balaban J connectivity index is 2.27. The van der Waals surface area contributed by atoms with Crippen LogP contribution in [0.1, 0.15) is 24.0 Å². The van der Waals surface area contributed by atoms with Crippen molar-refractivity contribution >= 4 is 0 Å². The van der Waals surface area contributed by atoms with Gasteiger partial charge in [-0.2, -0.15) is 0 Å². The summed E-state index contributed by atoms with van der Waals surface area (Å²) in [7, 11) is 0. The molecule has 0 amide bonds. The minimum absolute atomic E-state index is 0.134. The van der Waals surface area contributed by atoms with Crippen LogP contribution in [0.3, 0.4) is 0 Å². The van der Waals surface area contributed by atoms with Crippen LogP contribution in [0.25, 0.3) is 0 Å². The summed E-state index contributed by atoms with van der Waals surface area (Å²) in [6.07, 6.45) is -3.89. The third-order valence-corrected chi connectivity index (χ3v) is 2.90. The molecular weight excluding hydrogens is 231 g/mol. The van der Waals surface area contributed by atoms with E-state index in [4.69, 9.17) is 0 Å². The van der Waals surface area contributed by atoms with Gasteiger partial charge in [0.05, 0.1) is 0 Å². The van der Waals surface area contributed by atoms with Crippen LogP contribution in [0.4, 0.5) is 13.2 Å². The first-order chi connectivity index (χ1) is 7.96. The smallest absolute Gasteiger partial charge is 0.406 e. The van der Waals surface area contributed by atoms with E-state index in [1.807, 2.05) is 0 Å². The molecule has 17 heavy (non-hydrogen) atoms. The summed E-state index contributed by atoms with van der Waals surface area (Å²) in [5, 5.41) is 3.25. The van der Waals surface area contributed by atoms with Crippen LogP contribution in [0.15, 0.2) is 18.2 Å². The van der Waals surface area contributed by atoms with Crippen LogP contribution in [0, 0.1) is 0 Å². The third kappa shape index (κ3) is 3.12. The fourth-order valence-corrected chi connectivity index (χ4v) is 2.13. The van der Waals surface area contributed by atoms with Gasteiger partial charge in [0.25, 0.3) is 0 Å². The standard InChI is InChI=1S/C12H14F3NO/c1-8-7-16-5-4-9-6-10(2-3-11(8)9)17-12(13,14)15/h2-3,6,8,16H,4-5,7H2,1H3. The van der Waals surface area contributed by atoms with Crippen molar-refractivity contribution < 1.29 is 17.9 Å². The highest BCUT2D eigenvalue weighted by Crippen LogP contribution is 2.29. The Morgan fingerprint density at radius 2 is 2.12 bits per heavy atom. The van der Waals surface area contributed by atoms with E-state index in [0.29, 0.717) is 5.92 Å². The topological polar surface area (TPSA) is 21.3 Å². The Morgan fingerprint density at radius 1 is 1.35 bits per heavy atom. The zero-order chi connectivity index (χ0) is 12.5. The first-order valence-electron chi connectivity index (χ1n) is 5.55. The number of nitrogens with one attached hydrogen (secondary N) is 1. The summed E-state index contributed by atoms with van der Waals surface area (Å²) in [6, 6.07) is 4.61. The summed E-state index contributed by atoms with van der Waals surface area (Å²) in [4.78, 5) is 0. The maximum absolute atomic E-state index is 12.1. The molecule has 2 nitrogen and oxygen atoms in total. The number of hydrogen-bond acceptors (Lipinski definition) is 2. The van der Waals surface area contributed by atoms with Gasteiger partial charge in [-0.1, -0.05) is 13.0 Å². The van der Waals surface area contributed by atoms with Crippen LogP contribution >= 0.6 is 0 Å². The van der Waals surface area contributed by atoms with Crippen molar-refractivity contribution in [3.8, 4) is 5.75 Å². The molecule has 0 radical (unpaired) electrons. The van der Waals surface area contributed by atoms with Crippen molar-refractivity contribution in [3.63, 3.8) is 0 Å². The lowest BCUT2D eigenvalue weighted by atomic mass is 9.95. The summed E-state index contributed by atoms with van der Waals surface area (Å²) < 4.78 is 40.2. The molecule has 0 saturated carbocycles. The predicted octanol–water partition coefficient (Wildman–Crippen LogP) is 2.83. The van der Waals surface area contributed by atoms with Gasteiger partial charge in [-0.05, 0) is 42.1 Å². The molecule has 1 aliphatic rings. The Labute approximate surface area is 97.8 Å². The fraction of sp³-hybridized carbons (Fsp3) is 0.500. The Bertz CT molecular complexity index is 403. The lowest BCUT2D eigenvalue weighted by Crippen LogP contribution is -2.18. The van der Waals surface area contributed by atoms with Crippen molar-refractivity contribution in [1.82, 2.24) is 5.32 Å². The Kier molecular flexibility index (Phi) is 3.28. The molecule has 1 aliphatic heterocycles. The SMILES string of the molecule is CC1CNCCc2cc(OC(F)(F)F)ccc21. The summed E-state index contributed by atoms with van der Waals surface area (Å²) in [5.74, 6) is 0.179. The van der Waals surface area contributed by atoms with Crippen LogP contribution in [-0.2, 0) is 6.42 Å². The van der Waals surface area contributed by atoms with Crippen molar-refractivity contribution in [2.45, 2.75) is 25.6 Å². The molecular formula is C12H14F3NO. The molecule has 0 spiro atoms. The normalized spacial score (nSPS) is 20.6. The Hall–Kier alpha value is -1.23. The molecule has 1 aromatic rings. The van der Waals surface area contributed by atoms with Crippen LogP contribution < -0.4 is 10.1 Å². The van der Waals surface area contributed by atoms with Crippen LogP contribution in [0.5, 0.6) is 5.75 Å². The lowest BCUT2D eigenvalue weighted by Gasteiger charge is -2.14. The molecule has 0 aliphatic carbocycles. The van der Waals surface area contributed by atoms with Gasteiger partial charge in [0.2, 0.25) is 0 Å². The number of ether oxygens (including phenoxy) is 1. The summed E-state index contributed by atoms with van der Waals surface area (Å²) in [5.41, 5.74) is 2.04. The van der Waals surface area contributed by atoms with Crippen molar-refractivity contribution in [2.75, 3.05) is 13.1 Å². The second kappa shape index (κ2) is 4.56. The third-order valence-electron chi connectivity index (χ3n) is 2.90. The number of rotatable bonds is 1. The van der Waals surface area contributed by atoms with Gasteiger partial charge >= 0.3 is 6.36 Å². The van der Waals surface area contributed by atoms with Crippen molar-refractivity contribution in [1.29, 1.82) is 0 Å². The average molecular weight is 245 g/mol. The molecule has 1 atom stereocenters. The zero-order valence-corrected chi connectivity index (χ0v) is 9.47. The molecule has 0 saturated heterocycles. The molecule has 2 rings (SSSR count). The van der Waals surface area contributed by atoms with Gasteiger partial charge in [0, 0.05) is 6.54 Å². The maximum atomic E-state index is 12.1. The quantitative estimate of drug-likeness (QED) is 0.821. The van der Waals surface area contributed by atoms with Gasteiger partial charge in [-0.25, -0.2) is 0 Å². The predicted molar refractivity (Wildman–Crippen MR) is 58.1 cm³/mol. The number of fused-ring (bicyclic) bond motifs is 1. The molecule has 1 heterocycles. The van der Waals surface area contributed by atoms with E-state index < -0.39 is 6.36 Å². The fourth-order valence-electron chi connectivity index (χ4n) is 2.13. The largest absolute Gasteiger partial charge is 0.573 e. The molecule has 5 heteroatoms. The number of hydrogen-bond donors (Lipinski definition) is 1. The molecule has 1 N–H and O–H groups in total. The van der Waals surface area contributed by atoms with E-state index in [-0.39, 0.29) is 5.75 Å². The van der Waals surface area contributed by atoms with Crippen LogP contribution in [0.2, 0.25) is 0 Å². The van der Waals surface area contributed by atoms with Gasteiger partial charge in [0.15, 0.2) is 0 Å². The van der Waals surface area contributed by atoms with Gasteiger partial charge < -0.3 is 10.1 Å². The first-order valence-corrected chi connectivity index (χ1v) is 5.55. The minimum atomic E-state index is -4.62. The minimum Gasteiger partial charge on any atom is -0.406 e. The van der Waals surface area contributed by atoms with Crippen LogP contribution in [-0.4, -0.2) is 19.5 Å². The van der Waals surface area contributed by atoms with Gasteiger partial charge in [0.1, 0.15) is 5.75 Å². The van der Waals surface area contributed by atoms with Crippen molar-refractivity contribution in [3.05, 3.63) is 29.3 Å². The second-order valence-electron chi connectivity index (χ2n) is 4.26. The molecule has 0 aromatic heterocycles. The molecule has 1 unspecified atom stereocenters. The summed E-state index contributed by atoms with van der Waals surface area (Å²) >= 11 is 0. The van der Waals surface area contributed by atoms with E-state index >= 15 is 0 Å². The molecule has 1 aromatic carbocycles. The molecule has 0 bridgehead atoms. The van der Waals surface area contributed by atoms with E-state index in [1.54, 1.807) is 6.07 Å². The number of alkyl halides is 3. The van der Waals surface area contributed by atoms with E-state index in [0.717, 1.165) is 30.6 Å². The van der Waals surface area contributed by atoms with Gasteiger partial charge in [-0.3, -0.25) is 0 Å². The molecule has 0 fully saturated rings. The lowest BCUT2D eigenvalue weighted by molar-refractivity contribution is -0.274. The summed E-state index contributed by atoms with van der Waals surface area (Å²) in [6.45, 7) is 3.70. The van der Waals surface area contributed by atoms with E-state index in [9.17, 15) is 13.2 Å². The number of halogens is 3. The average Bonchev–Trinajstić information content (AvgIpc) is 2.38. The number of benzene rings is 1. The van der Waals surface area contributed by atoms with E-state index in [1.165, 1.54) is 12.1 Å². The monoisotopic (exact) mass is 245 g/mol. The van der Waals surface area contributed by atoms with Gasteiger partial charge in [-0.15, -0.1) is 13.2 Å². The highest BCUT2D eigenvalue weighted by molar-refractivity contribution is 5.38. The Morgan fingerprint density at radius 3 is 2.82 bits per heavy atom. The zero-order valence-electron chi connectivity index (χ0n) is 9.47. The second-order valence-corrected chi connectivity index (χ2v) is 4.26. The highest BCUT2D eigenvalue weighted by Gasteiger charge is 2.31. The first kappa shape index (κ1) is 12.2. The highest BCUT2D eigenvalue weighted by atomic mass is 19.4. The van der Waals surface area contributed by atoms with E-state index in [2.05, 4.69) is 17.0 Å². The molecule has 94 valence electrons. The van der Waals surface area contributed by atoms with Crippen molar-refractivity contribution in [2.24, 2.45) is 0 Å².